The van der Waals surface area contributed by atoms with Gasteiger partial charge in [-0.05, 0) is 43.2 Å². The molecule has 2 rings (SSSR count). The second kappa shape index (κ2) is 6.07. The molecule has 2 aromatic carbocycles. The first-order valence-corrected chi connectivity index (χ1v) is 8.56. The third-order valence-corrected chi connectivity index (χ3v) is 6.33. The summed E-state index contributed by atoms with van der Waals surface area (Å²) in [5, 5.41) is 0.382. The van der Waals surface area contributed by atoms with Crippen LogP contribution in [-0.2, 0) is 10.0 Å². The van der Waals surface area contributed by atoms with E-state index in [0.717, 1.165) is 4.31 Å². The molecule has 0 amide bonds. The maximum absolute atomic E-state index is 13.9. The molecule has 0 saturated heterocycles. The lowest BCUT2D eigenvalue weighted by Crippen LogP contribution is -2.28. The van der Waals surface area contributed by atoms with Gasteiger partial charge in [-0.1, -0.05) is 35.3 Å². The molecular formula is C15H14Cl2FNO2S. The second-order valence-corrected chi connectivity index (χ2v) is 7.56. The zero-order valence-electron chi connectivity index (χ0n) is 12.2. The van der Waals surface area contributed by atoms with Crippen LogP contribution in [0, 0.1) is 19.7 Å². The predicted octanol–water partition coefficient (Wildman–Crippen LogP) is 4.57. The van der Waals surface area contributed by atoms with Gasteiger partial charge in [-0.3, -0.25) is 4.31 Å². The first-order valence-electron chi connectivity index (χ1n) is 6.36. The van der Waals surface area contributed by atoms with Crippen molar-refractivity contribution in [2.75, 3.05) is 11.4 Å². The average Bonchev–Trinajstić information content (AvgIpc) is 2.45. The van der Waals surface area contributed by atoms with Crippen molar-refractivity contribution in [3.63, 3.8) is 0 Å². The van der Waals surface area contributed by atoms with Crippen molar-refractivity contribution in [1.29, 1.82) is 0 Å². The van der Waals surface area contributed by atoms with Crippen LogP contribution < -0.4 is 4.31 Å². The van der Waals surface area contributed by atoms with Crippen molar-refractivity contribution >= 4 is 38.9 Å². The highest BCUT2D eigenvalue weighted by Gasteiger charge is 2.29. The average molecular weight is 362 g/mol. The van der Waals surface area contributed by atoms with E-state index in [1.165, 1.54) is 25.2 Å². The molecule has 3 nitrogen and oxygen atoms in total. The van der Waals surface area contributed by atoms with Gasteiger partial charge in [0.25, 0.3) is 10.0 Å². The molecule has 0 bridgehead atoms. The van der Waals surface area contributed by atoms with Gasteiger partial charge >= 0.3 is 0 Å². The topological polar surface area (TPSA) is 37.4 Å². The normalized spacial score (nSPS) is 11.5. The fourth-order valence-corrected chi connectivity index (χ4v) is 4.46. The Kier molecular flexibility index (Phi) is 4.70. The van der Waals surface area contributed by atoms with Gasteiger partial charge in [0.1, 0.15) is 10.7 Å². The summed E-state index contributed by atoms with van der Waals surface area (Å²) in [7, 11) is -2.77. The molecule has 0 saturated carbocycles. The number of sulfonamides is 1. The number of para-hydroxylation sites is 1. The Bertz CT molecular complexity index is 811. The van der Waals surface area contributed by atoms with Gasteiger partial charge in [-0.2, -0.15) is 0 Å². The number of aryl methyl sites for hydroxylation is 1. The minimum Gasteiger partial charge on any atom is -0.266 e. The third kappa shape index (κ3) is 2.81. The molecule has 0 fully saturated rings. The predicted molar refractivity (Wildman–Crippen MR) is 87.9 cm³/mol. The highest BCUT2D eigenvalue weighted by molar-refractivity contribution is 7.93. The van der Waals surface area contributed by atoms with Gasteiger partial charge < -0.3 is 0 Å². The molecule has 0 heterocycles. The second-order valence-electron chi connectivity index (χ2n) is 4.87. The van der Waals surface area contributed by atoms with Crippen molar-refractivity contribution in [3.8, 4) is 0 Å². The van der Waals surface area contributed by atoms with Crippen LogP contribution in [0.15, 0.2) is 35.2 Å². The lowest BCUT2D eigenvalue weighted by Gasteiger charge is -2.22. The quantitative estimate of drug-likeness (QED) is 0.802. The van der Waals surface area contributed by atoms with Crippen LogP contribution in [0.25, 0.3) is 0 Å². The first kappa shape index (κ1) is 17.1. The summed E-state index contributed by atoms with van der Waals surface area (Å²) in [4.78, 5) is -0.107. The molecule has 118 valence electrons. The highest BCUT2D eigenvalue weighted by Crippen LogP contribution is 2.36. The van der Waals surface area contributed by atoms with Gasteiger partial charge in [-0.15, -0.1) is 0 Å². The molecule has 0 aliphatic heterocycles. The molecule has 0 aliphatic rings. The van der Waals surface area contributed by atoms with E-state index in [1.54, 1.807) is 26.0 Å². The van der Waals surface area contributed by atoms with E-state index in [4.69, 9.17) is 23.2 Å². The van der Waals surface area contributed by atoms with Crippen LogP contribution in [0.4, 0.5) is 10.1 Å². The van der Waals surface area contributed by atoms with Crippen molar-refractivity contribution < 1.29 is 12.8 Å². The number of hydrogen-bond donors (Lipinski definition) is 0. The smallest absolute Gasteiger partial charge is 0.265 e. The van der Waals surface area contributed by atoms with Crippen LogP contribution in [0.3, 0.4) is 0 Å². The molecule has 0 unspecified atom stereocenters. The molecular weight excluding hydrogens is 348 g/mol. The summed E-state index contributed by atoms with van der Waals surface area (Å²) in [6.07, 6.45) is 0. The van der Waals surface area contributed by atoms with Gasteiger partial charge in [0, 0.05) is 12.1 Å². The molecule has 2 aromatic rings. The fraction of sp³-hybridized carbons (Fsp3) is 0.200. The zero-order valence-corrected chi connectivity index (χ0v) is 14.5. The van der Waals surface area contributed by atoms with Crippen LogP contribution in [0.1, 0.15) is 11.1 Å². The molecule has 22 heavy (non-hydrogen) atoms. The van der Waals surface area contributed by atoms with Crippen LogP contribution >= 0.6 is 23.2 Å². The summed E-state index contributed by atoms with van der Waals surface area (Å²) >= 11 is 12.2. The third-order valence-electron chi connectivity index (χ3n) is 3.40. The van der Waals surface area contributed by atoms with E-state index in [2.05, 4.69) is 0 Å². The minimum atomic E-state index is -4.04. The van der Waals surface area contributed by atoms with Crippen molar-refractivity contribution in [3.05, 3.63) is 57.3 Å². The van der Waals surface area contributed by atoms with Crippen molar-refractivity contribution in [2.45, 2.75) is 18.7 Å². The largest absolute Gasteiger partial charge is 0.266 e. The Morgan fingerprint density at radius 3 is 2.32 bits per heavy atom. The number of rotatable bonds is 3. The Morgan fingerprint density at radius 2 is 1.73 bits per heavy atom. The molecule has 0 N–H and O–H groups in total. The Balaban J connectivity index is 2.69. The minimum absolute atomic E-state index is 0.0596. The van der Waals surface area contributed by atoms with Gasteiger partial charge in [0.2, 0.25) is 0 Å². The summed E-state index contributed by atoms with van der Waals surface area (Å²) in [6.45, 7) is 3.23. The standard InChI is InChI=1S/C15H14Cl2FNO2S/c1-9-8-11(16)10(2)15(14(9)17)22(20,21)19(3)13-7-5-4-6-12(13)18/h4-8H,1-3H3. The first-order chi connectivity index (χ1) is 10.2. The maximum atomic E-state index is 13.9. The Morgan fingerprint density at radius 1 is 1.14 bits per heavy atom. The summed E-state index contributed by atoms with van der Waals surface area (Å²) in [6, 6.07) is 7.22. The summed E-state index contributed by atoms with van der Waals surface area (Å²) in [5.74, 6) is -0.638. The summed E-state index contributed by atoms with van der Waals surface area (Å²) < 4.78 is 40.4. The van der Waals surface area contributed by atoms with Crippen LogP contribution in [0.5, 0.6) is 0 Å². The van der Waals surface area contributed by atoms with E-state index in [1.807, 2.05) is 0 Å². The Labute approximate surface area is 139 Å². The molecule has 0 atom stereocenters. The number of halogens is 3. The van der Waals surface area contributed by atoms with Crippen LogP contribution in [0.2, 0.25) is 10.0 Å². The number of hydrogen-bond acceptors (Lipinski definition) is 2. The SMILES string of the molecule is Cc1cc(Cl)c(C)c(S(=O)(=O)N(C)c2ccccc2F)c1Cl. The van der Waals surface area contributed by atoms with E-state index in [0.29, 0.717) is 16.1 Å². The van der Waals surface area contributed by atoms with Gasteiger partial charge in [0.05, 0.1) is 10.7 Å². The van der Waals surface area contributed by atoms with Crippen molar-refractivity contribution in [2.24, 2.45) is 0 Å². The fourth-order valence-electron chi connectivity index (χ4n) is 2.09. The molecule has 0 aromatic heterocycles. The zero-order chi connectivity index (χ0) is 16.7. The molecule has 0 spiro atoms. The number of benzene rings is 2. The van der Waals surface area contributed by atoms with E-state index >= 15 is 0 Å². The van der Waals surface area contributed by atoms with Gasteiger partial charge in [0.15, 0.2) is 0 Å². The van der Waals surface area contributed by atoms with E-state index < -0.39 is 15.8 Å². The van der Waals surface area contributed by atoms with Crippen LogP contribution in [-0.4, -0.2) is 15.5 Å². The maximum Gasteiger partial charge on any atom is 0.265 e. The lowest BCUT2D eigenvalue weighted by atomic mass is 10.2. The van der Waals surface area contributed by atoms with Crippen molar-refractivity contribution in [1.82, 2.24) is 0 Å². The van der Waals surface area contributed by atoms with E-state index in [9.17, 15) is 12.8 Å². The number of nitrogens with zero attached hydrogens (tertiary/aromatic N) is 1. The number of anilines is 1. The van der Waals surface area contributed by atoms with E-state index in [-0.39, 0.29) is 15.6 Å². The molecule has 0 aliphatic carbocycles. The molecule has 7 heteroatoms. The lowest BCUT2D eigenvalue weighted by molar-refractivity contribution is 0.589. The Hall–Kier alpha value is -1.30. The monoisotopic (exact) mass is 361 g/mol. The van der Waals surface area contributed by atoms with Gasteiger partial charge in [-0.25, -0.2) is 12.8 Å². The summed E-state index contributed by atoms with van der Waals surface area (Å²) in [5.41, 5.74) is 0.814. The molecule has 0 radical (unpaired) electrons. The highest BCUT2D eigenvalue weighted by atomic mass is 35.5.